The first-order chi connectivity index (χ1) is 14.3. The molecule has 1 saturated carbocycles. The van der Waals surface area contributed by atoms with Gasteiger partial charge in [-0.05, 0) is 45.6 Å². The van der Waals surface area contributed by atoms with Gasteiger partial charge in [0.1, 0.15) is 5.60 Å². The lowest BCUT2D eigenvalue weighted by Crippen LogP contribution is -2.59. The highest BCUT2D eigenvalue weighted by atomic mass is 19.3. The highest BCUT2D eigenvalue weighted by Gasteiger charge is 2.55. The van der Waals surface area contributed by atoms with Crippen LogP contribution >= 0.6 is 0 Å². The molecule has 3 unspecified atom stereocenters. The van der Waals surface area contributed by atoms with Gasteiger partial charge in [-0.3, -0.25) is 9.59 Å². The summed E-state index contributed by atoms with van der Waals surface area (Å²) in [6, 6.07) is 8.21. The van der Waals surface area contributed by atoms with Gasteiger partial charge >= 0.3 is 5.97 Å². The third kappa shape index (κ3) is 5.06. The molecule has 4 atom stereocenters. The SMILES string of the molecule is CC(C)(C)OC(=O)C1CCN(C(=O)C(O)(c2ccccc2)[C@@H]2CCC(F)(F)C2)C(N)C1. The molecule has 3 N–H and O–H groups in total. The van der Waals surface area contributed by atoms with E-state index in [2.05, 4.69) is 0 Å². The molecule has 1 amide bonds. The van der Waals surface area contributed by atoms with Crippen molar-refractivity contribution in [1.29, 1.82) is 0 Å². The number of alkyl halides is 2. The molecule has 0 radical (unpaired) electrons. The topological polar surface area (TPSA) is 92.9 Å². The molecule has 0 bridgehead atoms. The number of carbonyl (C=O) groups is 2. The summed E-state index contributed by atoms with van der Waals surface area (Å²) in [5.41, 5.74) is 3.79. The van der Waals surface area contributed by atoms with Crippen molar-refractivity contribution in [3.63, 3.8) is 0 Å². The number of hydrogen-bond acceptors (Lipinski definition) is 5. The maximum atomic E-state index is 14.0. The summed E-state index contributed by atoms with van der Waals surface area (Å²) < 4.78 is 33.4. The van der Waals surface area contributed by atoms with E-state index in [0.717, 1.165) is 0 Å². The number of likely N-dealkylation sites (tertiary alicyclic amines) is 1. The number of aliphatic hydroxyl groups is 1. The molecule has 2 aliphatic rings. The normalized spacial score (nSPS) is 28.1. The molecule has 1 heterocycles. The summed E-state index contributed by atoms with van der Waals surface area (Å²) in [4.78, 5) is 27.3. The van der Waals surface area contributed by atoms with Gasteiger partial charge in [-0.2, -0.15) is 0 Å². The molecule has 1 aliphatic carbocycles. The Morgan fingerprint density at radius 2 is 1.84 bits per heavy atom. The highest BCUT2D eigenvalue weighted by molar-refractivity contribution is 5.87. The van der Waals surface area contributed by atoms with Crippen LogP contribution in [0.1, 0.15) is 58.4 Å². The summed E-state index contributed by atoms with van der Waals surface area (Å²) >= 11 is 0. The highest BCUT2D eigenvalue weighted by Crippen LogP contribution is 2.48. The van der Waals surface area contributed by atoms with E-state index in [-0.39, 0.29) is 37.3 Å². The third-order valence-corrected chi connectivity index (χ3v) is 6.18. The molecule has 0 aromatic heterocycles. The second kappa shape index (κ2) is 8.47. The zero-order chi connectivity index (χ0) is 23.0. The van der Waals surface area contributed by atoms with Crippen LogP contribution in [0.25, 0.3) is 0 Å². The van der Waals surface area contributed by atoms with Crippen LogP contribution in [0, 0.1) is 11.8 Å². The molecule has 1 aromatic rings. The molecule has 3 rings (SSSR count). The fourth-order valence-electron chi connectivity index (χ4n) is 4.60. The van der Waals surface area contributed by atoms with E-state index in [1.807, 2.05) is 0 Å². The Morgan fingerprint density at radius 3 is 2.35 bits per heavy atom. The zero-order valence-corrected chi connectivity index (χ0v) is 18.3. The number of halogens is 2. The third-order valence-electron chi connectivity index (χ3n) is 6.18. The van der Waals surface area contributed by atoms with E-state index in [0.29, 0.717) is 6.42 Å². The van der Waals surface area contributed by atoms with E-state index in [4.69, 9.17) is 10.5 Å². The van der Waals surface area contributed by atoms with Crippen LogP contribution < -0.4 is 5.73 Å². The first-order valence-corrected chi connectivity index (χ1v) is 10.8. The number of nitrogens with two attached hydrogens (primary N) is 1. The fourth-order valence-corrected chi connectivity index (χ4v) is 4.60. The van der Waals surface area contributed by atoms with E-state index >= 15 is 0 Å². The van der Waals surface area contributed by atoms with Crippen LogP contribution in [0.4, 0.5) is 8.78 Å². The molecule has 2 fully saturated rings. The first kappa shape index (κ1) is 23.6. The van der Waals surface area contributed by atoms with Gasteiger partial charge in [-0.25, -0.2) is 8.78 Å². The molecule has 8 heteroatoms. The van der Waals surface area contributed by atoms with Crippen molar-refractivity contribution in [3.8, 4) is 0 Å². The molecule has 1 saturated heterocycles. The average Bonchev–Trinajstić information content (AvgIpc) is 3.06. The first-order valence-electron chi connectivity index (χ1n) is 10.8. The Balaban J connectivity index is 1.82. The van der Waals surface area contributed by atoms with Crippen LogP contribution in [0.15, 0.2) is 30.3 Å². The number of nitrogens with zero attached hydrogens (tertiary/aromatic N) is 1. The average molecular weight is 439 g/mol. The lowest BCUT2D eigenvalue weighted by Gasteiger charge is -2.43. The quantitative estimate of drug-likeness (QED) is 0.705. The van der Waals surface area contributed by atoms with E-state index in [9.17, 15) is 23.5 Å². The minimum atomic E-state index is -2.92. The number of rotatable bonds is 4. The number of hydrogen-bond donors (Lipinski definition) is 2. The maximum Gasteiger partial charge on any atom is 0.309 e. The molecule has 0 spiro atoms. The molecular weight excluding hydrogens is 406 g/mol. The number of ether oxygens (including phenoxy) is 1. The molecule has 1 aromatic carbocycles. The van der Waals surface area contributed by atoms with Crippen molar-refractivity contribution in [2.75, 3.05) is 6.54 Å². The molecule has 172 valence electrons. The minimum absolute atomic E-state index is 0.0355. The Morgan fingerprint density at radius 1 is 1.19 bits per heavy atom. The Hall–Kier alpha value is -2.06. The summed E-state index contributed by atoms with van der Waals surface area (Å²) in [5, 5.41) is 11.6. The van der Waals surface area contributed by atoms with Crippen molar-refractivity contribution >= 4 is 11.9 Å². The lowest BCUT2D eigenvalue weighted by molar-refractivity contribution is -0.171. The van der Waals surface area contributed by atoms with Gasteiger partial charge in [0.15, 0.2) is 5.60 Å². The van der Waals surface area contributed by atoms with Gasteiger partial charge in [0.05, 0.1) is 12.1 Å². The molecular formula is C23H32F2N2O4. The predicted molar refractivity (Wildman–Crippen MR) is 111 cm³/mol. The molecule has 1 aliphatic heterocycles. The maximum absolute atomic E-state index is 14.0. The number of esters is 1. The Labute approximate surface area is 181 Å². The largest absolute Gasteiger partial charge is 0.460 e. The number of carbonyl (C=O) groups excluding carboxylic acids is 2. The monoisotopic (exact) mass is 438 g/mol. The Kier molecular flexibility index (Phi) is 6.45. The zero-order valence-electron chi connectivity index (χ0n) is 18.3. The summed E-state index contributed by atoms with van der Waals surface area (Å²) in [6.45, 7) is 5.48. The minimum Gasteiger partial charge on any atom is -0.460 e. The lowest BCUT2D eigenvalue weighted by atomic mass is 9.78. The van der Waals surface area contributed by atoms with Crippen LogP contribution in [-0.4, -0.2) is 46.1 Å². The van der Waals surface area contributed by atoms with Crippen LogP contribution in [0.5, 0.6) is 0 Å². The van der Waals surface area contributed by atoms with Crippen molar-refractivity contribution in [1.82, 2.24) is 4.90 Å². The smallest absolute Gasteiger partial charge is 0.309 e. The van der Waals surface area contributed by atoms with E-state index in [1.54, 1.807) is 51.1 Å². The van der Waals surface area contributed by atoms with E-state index in [1.165, 1.54) is 4.90 Å². The second-order valence-corrected chi connectivity index (χ2v) is 9.75. The fraction of sp³-hybridized carbons (Fsp3) is 0.652. The summed E-state index contributed by atoms with van der Waals surface area (Å²) in [5.74, 6) is -5.35. The second-order valence-electron chi connectivity index (χ2n) is 9.75. The summed E-state index contributed by atoms with van der Waals surface area (Å²) in [6.07, 6.45) is -1.20. The van der Waals surface area contributed by atoms with Crippen molar-refractivity contribution in [2.45, 2.75) is 76.2 Å². The van der Waals surface area contributed by atoms with Gasteiger partial charge in [0, 0.05) is 25.3 Å². The van der Waals surface area contributed by atoms with Gasteiger partial charge in [-0.1, -0.05) is 30.3 Å². The van der Waals surface area contributed by atoms with Crippen LogP contribution in [0.3, 0.4) is 0 Å². The Bertz CT molecular complexity index is 812. The predicted octanol–water partition coefficient (Wildman–Crippen LogP) is 3.17. The van der Waals surface area contributed by atoms with E-state index < -0.39 is 47.5 Å². The molecule has 6 nitrogen and oxygen atoms in total. The van der Waals surface area contributed by atoms with Crippen molar-refractivity contribution in [3.05, 3.63) is 35.9 Å². The van der Waals surface area contributed by atoms with Gasteiger partial charge in [0.25, 0.3) is 5.91 Å². The summed E-state index contributed by atoms with van der Waals surface area (Å²) in [7, 11) is 0. The van der Waals surface area contributed by atoms with Crippen molar-refractivity contribution in [2.24, 2.45) is 17.6 Å². The van der Waals surface area contributed by atoms with Crippen LogP contribution in [-0.2, 0) is 19.9 Å². The van der Waals surface area contributed by atoms with Crippen molar-refractivity contribution < 1.29 is 28.2 Å². The standard InChI is InChI=1S/C23H32F2N2O4/c1-21(2,3)31-19(28)15-10-12-27(18(26)13-15)20(29)23(30,16-7-5-4-6-8-16)17-9-11-22(24,25)14-17/h4-8,15,17-18,30H,9-14,26H2,1-3H3/t15?,17-,18?,23?/m1/s1. The van der Waals surface area contributed by atoms with Gasteiger partial charge < -0.3 is 20.5 Å². The number of amides is 1. The van der Waals surface area contributed by atoms with Gasteiger partial charge in [-0.15, -0.1) is 0 Å². The number of benzene rings is 1. The van der Waals surface area contributed by atoms with Crippen LogP contribution in [0.2, 0.25) is 0 Å². The molecule has 31 heavy (non-hydrogen) atoms. The number of piperidine rings is 1. The van der Waals surface area contributed by atoms with Gasteiger partial charge in [0.2, 0.25) is 5.92 Å².